The lowest BCUT2D eigenvalue weighted by atomic mass is 10.2. The van der Waals surface area contributed by atoms with Crippen molar-refractivity contribution in [2.75, 3.05) is 44.6 Å². The maximum absolute atomic E-state index is 12.8. The SMILES string of the molecule is Cc1nccn1CCN1CCN(CC(=O)Nc2cc(C(F)(F)F)ccc2Cl)CC1. The number of anilines is 1. The van der Waals surface area contributed by atoms with E-state index in [1.165, 1.54) is 0 Å². The van der Waals surface area contributed by atoms with Crippen LogP contribution in [0.1, 0.15) is 11.4 Å². The molecule has 1 saturated heterocycles. The van der Waals surface area contributed by atoms with Gasteiger partial charge in [-0.15, -0.1) is 0 Å². The minimum Gasteiger partial charge on any atom is -0.334 e. The molecule has 1 N–H and O–H groups in total. The zero-order valence-electron chi connectivity index (χ0n) is 16.0. The van der Waals surface area contributed by atoms with Crippen LogP contribution in [0.5, 0.6) is 0 Å². The minimum absolute atomic E-state index is 0.0270. The quantitative estimate of drug-likeness (QED) is 0.766. The van der Waals surface area contributed by atoms with Crippen molar-refractivity contribution in [3.05, 3.63) is 47.0 Å². The second kappa shape index (κ2) is 9.15. The highest BCUT2D eigenvalue weighted by Gasteiger charge is 2.31. The number of aryl methyl sites for hydroxylation is 1. The molecule has 0 spiro atoms. The Hall–Kier alpha value is -2.10. The van der Waals surface area contributed by atoms with E-state index in [4.69, 9.17) is 11.6 Å². The van der Waals surface area contributed by atoms with Crippen molar-refractivity contribution in [3.63, 3.8) is 0 Å². The first-order chi connectivity index (χ1) is 13.7. The normalized spacial score (nSPS) is 16.2. The number of aromatic nitrogens is 2. The van der Waals surface area contributed by atoms with Crippen LogP contribution >= 0.6 is 11.6 Å². The van der Waals surface area contributed by atoms with Gasteiger partial charge < -0.3 is 9.88 Å². The predicted molar refractivity (Wildman–Crippen MR) is 105 cm³/mol. The molecule has 1 amide bonds. The van der Waals surface area contributed by atoms with Crippen molar-refractivity contribution in [2.45, 2.75) is 19.6 Å². The third-order valence-corrected chi connectivity index (χ3v) is 5.31. The molecule has 0 unspecified atom stereocenters. The molecule has 3 rings (SSSR count). The first kappa shape index (κ1) is 21.6. The van der Waals surface area contributed by atoms with E-state index in [-0.39, 0.29) is 23.2 Å². The van der Waals surface area contributed by atoms with Crippen molar-refractivity contribution < 1.29 is 18.0 Å². The average molecular weight is 430 g/mol. The Morgan fingerprint density at radius 3 is 2.48 bits per heavy atom. The number of carbonyl (C=O) groups excluding carboxylic acids is 1. The van der Waals surface area contributed by atoms with Gasteiger partial charge in [-0.25, -0.2) is 4.98 Å². The molecule has 158 valence electrons. The summed E-state index contributed by atoms with van der Waals surface area (Å²) < 4.78 is 40.6. The first-order valence-electron chi connectivity index (χ1n) is 9.31. The summed E-state index contributed by atoms with van der Waals surface area (Å²) in [5.74, 6) is 0.599. The highest BCUT2D eigenvalue weighted by atomic mass is 35.5. The lowest BCUT2D eigenvalue weighted by Gasteiger charge is -2.34. The maximum Gasteiger partial charge on any atom is 0.416 e. The number of piperazine rings is 1. The fourth-order valence-corrected chi connectivity index (χ4v) is 3.42. The molecule has 10 heteroatoms. The minimum atomic E-state index is -4.49. The highest BCUT2D eigenvalue weighted by Crippen LogP contribution is 2.33. The summed E-state index contributed by atoms with van der Waals surface area (Å²) >= 11 is 5.93. The molecule has 1 fully saturated rings. The van der Waals surface area contributed by atoms with Crippen LogP contribution in [0.15, 0.2) is 30.6 Å². The average Bonchev–Trinajstić information content (AvgIpc) is 3.07. The number of amides is 1. The second-order valence-electron chi connectivity index (χ2n) is 7.03. The van der Waals surface area contributed by atoms with Gasteiger partial charge in [0.15, 0.2) is 0 Å². The van der Waals surface area contributed by atoms with Gasteiger partial charge in [0.05, 0.1) is 22.8 Å². The van der Waals surface area contributed by atoms with E-state index < -0.39 is 11.7 Å². The molecular weight excluding hydrogens is 407 g/mol. The molecule has 2 aromatic rings. The van der Waals surface area contributed by atoms with Crippen molar-refractivity contribution in [2.24, 2.45) is 0 Å². The monoisotopic (exact) mass is 429 g/mol. The molecule has 29 heavy (non-hydrogen) atoms. The Kier molecular flexibility index (Phi) is 6.81. The Morgan fingerprint density at radius 1 is 1.17 bits per heavy atom. The van der Waals surface area contributed by atoms with Gasteiger partial charge in [0, 0.05) is 51.7 Å². The number of halogens is 4. The molecule has 1 aliphatic heterocycles. The van der Waals surface area contributed by atoms with Gasteiger partial charge in [0.1, 0.15) is 5.82 Å². The molecule has 0 radical (unpaired) electrons. The molecule has 0 saturated carbocycles. The molecule has 0 aliphatic carbocycles. The van der Waals surface area contributed by atoms with Crippen LogP contribution in [0.2, 0.25) is 5.02 Å². The van der Waals surface area contributed by atoms with Crippen LogP contribution < -0.4 is 5.32 Å². The van der Waals surface area contributed by atoms with Crippen LogP contribution in [0.4, 0.5) is 18.9 Å². The zero-order chi connectivity index (χ0) is 21.0. The van der Waals surface area contributed by atoms with Crippen LogP contribution in [0.25, 0.3) is 0 Å². The molecular formula is C19H23ClF3N5O. The number of benzene rings is 1. The van der Waals surface area contributed by atoms with Crippen molar-refractivity contribution in [1.29, 1.82) is 0 Å². The Morgan fingerprint density at radius 2 is 1.86 bits per heavy atom. The number of hydrogen-bond acceptors (Lipinski definition) is 4. The highest BCUT2D eigenvalue weighted by molar-refractivity contribution is 6.33. The molecule has 0 bridgehead atoms. The Bertz CT molecular complexity index is 847. The second-order valence-corrected chi connectivity index (χ2v) is 7.43. The number of imidazole rings is 1. The van der Waals surface area contributed by atoms with Gasteiger partial charge in [0.25, 0.3) is 0 Å². The Balaban J connectivity index is 1.46. The summed E-state index contributed by atoms with van der Waals surface area (Å²) in [6, 6.07) is 2.89. The molecule has 6 nitrogen and oxygen atoms in total. The lowest BCUT2D eigenvalue weighted by Crippen LogP contribution is -2.49. The number of nitrogens with one attached hydrogen (secondary N) is 1. The summed E-state index contributed by atoms with van der Waals surface area (Å²) in [6.07, 6.45) is -0.757. The van der Waals surface area contributed by atoms with E-state index in [9.17, 15) is 18.0 Å². The van der Waals surface area contributed by atoms with Crippen molar-refractivity contribution in [1.82, 2.24) is 19.4 Å². The van der Waals surface area contributed by atoms with E-state index >= 15 is 0 Å². The molecule has 0 atom stereocenters. The summed E-state index contributed by atoms with van der Waals surface area (Å²) in [6.45, 7) is 6.92. The maximum atomic E-state index is 12.8. The van der Waals surface area contributed by atoms with Gasteiger partial charge >= 0.3 is 6.18 Å². The van der Waals surface area contributed by atoms with E-state index in [1.807, 2.05) is 18.0 Å². The molecule has 1 aromatic heterocycles. The number of hydrogen-bond donors (Lipinski definition) is 1. The number of rotatable bonds is 6. The van der Waals surface area contributed by atoms with Crippen LogP contribution in [-0.2, 0) is 17.5 Å². The zero-order valence-corrected chi connectivity index (χ0v) is 16.8. The van der Waals surface area contributed by atoms with E-state index in [1.54, 1.807) is 6.20 Å². The van der Waals surface area contributed by atoms with Crippen molar-refractivity contribution >= 4 is 23.2 Å². The van der Waals surface area contributed by atoms with Gasteiger partial charge in [-0.2, -0.15) is 13.2 Å². The van der Waals surface area contributed by atoms with Gasteiger partial charge in [-0.1, -0.05) is 11.6 Å². The molecule has 1 aliphatic rings. The van der Waals surface area contributed by atoms with Crippen molar-refractivity contribution in [3.8, 4) is 0 Å². The standard InChI is InChI=1S/C19H23ClF3N5O/c1-14-24-4-5-28(14)11-10-26-6-8-27(9-7-26)13-18(29)25-17-12-15(19(21,22)23)2-3-16(17)20/h2-5,12H,6-11,13H2,1H3,(H,25,29). The van der Waals surface area contributed by atoms with Gasteiger partial charge in [-0.3, -0.25) is 14.6 Å². The largest absolute Gasteiger partial charge is 0.416 e. The van der Waals surface area contributed by atoms with Gasteiger partial charge in [-0.05, 0) is 25.1 Å². The summed E-state index contributed by atoms with van der Waals surface area (Å²) in [7, 11) is 0. The van der Waals surface area contributed by atoms with E-state index in [0.29, 0.717) is 13.1 Å². The van der Waals surface area contributed by atoms with Crippen LogP contribution in [0, 0.1) is 6.92 Å². The predicted octanol–water partition coefficient (Wildman–Crippen LogP) is 3.12. The summed E-state index contributed by atoms with van der Waals surface area (Å²) in [5, 5.41) is 2.57. The third-order valence-electron chi connectivity index (χ3n) is 4.98. The van der Waals surface area contributed by atoms with E-state index in [0.717, 1.165) is 50.2 Å². The smallest absolute Gasteiger partial charge is 0.334 e. The number of carbonyl (C=O) groups is 1. The third kappa shape index (κ3) is 5.94. The number of alkyl halides is 3. The Labute approximate surface area is 172 Å². The molecule has 1 aromatic carbocycles. The topological polar surface area (TPSA) is 53.4 Å². The van der Waals surface area contributed by atoms with Crippen LogP contribution in [0.3, 0.4) is 0 Å². The van der Waals surface area contributed by atoms with Crippen LogP contribution in [-0.4, -0.2) is 64.5 Å². The number of nitrogens with zero attached hydrogens (tertiary/aromatic N) is 4. The first-order valence-corrected chi connectivity index (χ1v) is 9.69. The fraction of sp³-hybridized carbons (Fsp3) is 0.474. The van der Waals surface area contributed by atoms with Gasteiger partial charge in [0.2, 0.25) is 5.91 Å². The lowest BCUT2D eigenvalue weighted by molar-refractivity contribution is -0.137. The van der Waals surface area contributed by atoms with E-state index in [2.05, 4.69) is 19.8 Å². The fourth-order valence-electron chi connectivity index (χ4n) is 3.25. The summed E-state index contributed by atoms with van der Waals surface area (Å²) in [5.41, 5.74) is -0.875. The molecule has 2 heterocycles. The summed E-state index contributed by atoms with van der Waals surface area (Å²) in [4.78, 5) is 20.8.